The van der Waals surface area contributed by atoms with Gasteiger partial charge in [-0.2, -0.15) is 0 Å². The second-order valence-electron chi connectivity index (χ2n) is 16.7. The van der Waals surface area contributed by atoms with E-state index in [1.807, 2.05) is 42.5 Å². The van der Waals surface area contributed by atoms with Gasteiger partial charge in [0.1, 0.15) is 17.2 Å². The molecule has 1 saturated heterocycles. The van der Waals surface area contributed by atoms with Crippen molar-refractivity contribution in [3.63, 3.8) is 0 Å². The maximum atomic E-state index is 16.5. The first-order valence-electron chi connectivity index (χ1n) is 18.4. The molecule has 1 spiro atoms. The molecule has 0 aromatic heterocycles. The molecule has 0 bridgehead atoms. The number of anilines is 3. The lowest BCUT2D eigenvalue weighted by Crippen LogP contribution is -2.48. The Bertz CT molecular complexity index is 2150. The summed E-state index contributed by atoms with van der Waals surface area (Å²) in [5.41, 5.74) is 2.10. The van der Waals surface area contributed by atoms with Gasteiger partial charge in [0, 0.05) is 46.9 Å². The zero-order chi connectivity index (χ0) is 40.7. The zero-order valence-electron chi connectivity index (χ0n) is 32.4. The molecule has 2 aliphatic rings. The number of amides is 2. The molecular weight excluding hydrogens is 758 g/mol. The molecule has 2 heterocycles. The highest BCUT2D eigenvalue weighted by Gasteiger charge is 2.63. The van der Waals surface area contributed by atoms with Gasteiger partial charge in [0.2, 0.25) is 5.91 Å². The van der Waals surface area contributed by atoms with Crippen LogP contribution in [0.25, 0.3) is 0 Å². The van der Waals surface area contributed by atoms with Crippen molar-refractivity contribution >= 4 is 58.2 Å². The van der Waals surface area contributed by atoms with Crippen molar-refractivity contribution in [3.05, 3.63) is 117 Å². The largest absolute Gasteiger partial charge is 0.495 e. The van der Waals surface area contributed by atoms with Crippen LogP contribution in [-0.4, -0.2) is 54.4 Å². The second-order valence-corrected chi connectivity index (χ2v) is 17.5. The Morgan fingerprint density at radius 2 is 1.68 bits per heavy atom. The maximum Gasteiger partial charge on any atom is 0.412 e. The minimum absolute atomic E-state index is 0.00262. The molecule has 2 amide bonds. The molecule has 0 unspecified atom stereocenters. The first kappa shape index (κ1) is 40.8. The smallest absolute Gasteiger partial charge is 0.412 e. The number of benzene rings is 4. The molecule has 6 rings (SSSR count). The summed E-state index contributed by atoms with van der Waals surface area (Å²) in [4.78, 5) is 41.0. The third-order valence-corrected chi connectivity index (χ3v) is 10.8. The monoisotopic (exact) mass is 804 g/mol. The number of carbonyl (C=O) groups excluding carboxylic acids is 2. The maximum absolute atomic E-state index is 16.5. The Morgan fingerprint density at radius 3 is 2.32 bits per heavy atom. The van der Waals surface area contributed by atoms with Crippen LogP contribution in [0, 0.1) is 11.2 Å². The standard InChI is InChI=1S/C43H47Cl2FN4O6/c1-41(2,3)21-34-43(23-50(32-20-26(44)14-17-29(32)43)22-24-11-15-27(16-12-24)47-40(54)56-42(4,5)6)35(28-9-8-10-30(45)36(28)46)37(49-34)38(51)48-31-18-13-25(39(52)53)19-33(31)55-7/h8-20,34-35,37,49H,21-23H2,1-7H3,(H,47,54)(H,48,51)(H,52,53)/t34-,35-,37+,43-/m0/s1. The summed E-state index contributed by atoms with van der Waals surface area (Å²) in [7, 11) is 1.39. The predicted octanol–water partition coefficient (Wildman–Crippen LogP) is 9.64. The molecule has 13 heteroatoms. The molecule has 4 N–H and O–H groups in total. The lowest BCUT2D eigenvalue weighted by molar-refractivity contribution is -0.118. The van der Waals surface area contributed by atoms with Crippen molar-refractivity contribution in [1.29, 1.82) is 0 Å². The third kappa shape index (κ3) is 8.45. The summed E-state index contributed by atoms with van der Waals surface area (Å²) in [6, 6.07) is 20.9. The van der Waals surface area contributed by atoms with Crippen molar-refractivity contribution in [2.45, 2.75) is 83.5 Å². The molecule has 4 aromatic carbocycles. The van der Waals surface area contributed by atoms with Crippen LogP contribution >= 0.6 is 23.2 Å². The van der Waals surface area contributed by atoms with E-state index in [2.05, 4.69) is 41.6 Å². The third-order valence-electron chi connectivity index (χ3n) is 10.2. The minimum atomic E-state index is -1.14. The Labute approximate surface area is 336 Å². The first-order valence-corrected chi connectivity index (χ1v) is 19.1. The van der Waals surface area contributed by atoms with Gasteiger partial charge in [-0.25, -0.2) is 14.0 Å². The van der Waals surface area contributed by atoms with Gasteiger partial charge in [-0.15, -0.1) is 0 Å². The summed E-state index contributed by atoms with van der Waals surface area (Å²) in [5, 5.41) is 19.4. The fraction of sp³-hybridized carbons (Fsp3) is 0.372. The quantitative estimate of drug-likeness (QED) is 0.132. The number of carbonyl (C=O) groups is 3. The van der Waals surface area contributed by atoms with E-state index in [0.29, 0.717) is 30.2 Å². The molecule has 2 aliphatic heterocycles. The summed E-state index contributed by atoms with van der Waals surface area (Å²) in [6.45, 7) is 12.6. The van der Waals surface area contributed by atoms with Gasteiger partial charge in [0.25, 0.3) is 0 Å². The number of nitrogens with one attached hydrogen (secondary N) is 3. The molecule has 56 heavy (non-hydrogen) atoms. The number of hydrogen-bond acceptors (Lipinski definition) is 7. The normalized spacial score (nSPS) is 20.5. The summed E-state index contributed by atoms with van der Waals surface area (Å²) in [5.74, 6) is -2.81. The van der Waals surface area contributed by atoms with E-state index >= 15 is 4.39 Å². The van der Waals surface area contributed by atoms with Crippen molar-refractivity contribution in [1.82, 2.24) is 5.32 Å². The lowest BCUT2D eigenvalue weighted by Gasteiger charge is -2.40. The fourth-order valence-electron chi connectivity index (χ4n) is 8.10. The number of ether oxygens (including phenoxy) is 2. The number of fused-ring (bicyclic) bond motifs is 2. The van der Waals surface area contributed by atoms with E-state index in [9.17, 15) is 19.5 Å². The highest BCUT2D eigenvalue weighted by Crippen LogP contribution is 2.58. The van der Waals surface area contributed by atoms with E-state index in [-0.39, 0.29) is 39.0 Å². The Kier molecular flexibility index (Phi) is 11.4. The number of nitrogens with zero attached hydrogens (tertiary/aromatic N) is 1. The number of halogens is 3. The Morgan fingerprint density at radius 1 is 0.964 bits per heavy atom. The topological polar surface area (TPSA) is 129 Å². The van der Waals surface area contributed by atoms with E-state index in [1.54, 1.807) is 32.9 Å². The van der Waals surface area contributed by atoms with Crippen molar-refractivity contribution < 1.29 is 33.4 Å². The van der Waals surface area contributed by atoms with Crippen LogP contribution in [0.4, 0.5) is 26.2 Å². The van der Waals surface area contributed by atoms with Crippen LogP contribution in [0.1, 0.15) is 80.9 Å². The summed E-state index contributed by atoms with van der Waals surface area (Å²) in [6.07, 6.45) is 0.0649. The minimum Gasteiger partial charge on any atom is -0.495 e. The number of rotatable bonds is 9. The van der Waals surface area contributed by atoms with Crippen molar-refractivity contribution in [2.75, 3.05) is 29.2 Å². The van der Waals surface area contributed by atoms with Crippen LogP contribution in [0.5, 0.6) is 5.75 Å². The van der Waals surface area contributed by atoms with E-state index in [1.165, 1.54) is 31.4 Å². The van der Waals surface area contributed by atoms with Gasteiger partial charge in [-0.3, -0.25) is 10.1 Å². The molecule has 4 atom stereocenters. The van der Waals surface area contributed by atoms with Crippen LogP contribution in [0.15, 0.2) is 78.9 Å². The van der Waals surface area contributed by atoms with E-state index < -0.39 is 46.8 Å². The van der Waals surface area contributed by atoms with Gasteiger partial charge in [-0.1, -0.05) is 74.3 Å². The first-order chi connectivity index (χ1) is 26.3. The number of carboxylic acids is 1. The molecule has 296 valence electrons. The molecular formula is C43H47Cl2FN4O6. The van der Waals surface area contributed by atoms with Crippen LogP contribution in [-0.2, 0) is 21.5 Å². The average molecular weight is 806 g/mol. The molecule has 4 aromatic rings. The average Bonchev–Trinajstić information content (AvgIpc) is 3.58. The number of aromatic carboxylic acids is 1. The zero-order valence-corrected chi connectivity index (χ0v) is 33.9. The van der Waals surface area contributed by atoms with Crippen LogP contribution in [0.2, 0.25) is 10.0 Å². The fourth-order valence-corrected chi connectivity index (χ4v) is 8.45. The number of methoxy groups -OCH3 is 1. The van der Waals surface area contributed by atoms with E-state index in [4.69, 9.17) is 32.7 Å². The SMILES string of the molecule is COc1cc(C(=O)O)ccc1NC(=O)[C@@H]1N[C@@H](CC(C)(C)C)[C@@]2(CN(Cc3ccc(NC(=O)OC(C)(C)C)cc3)c3cc(Cl)ccc32)[C@H]1c1cccc(Cl)c1F. The molecule has 1 fully saturated rings. The summed E-state index contributed by atoms with van der Waals surface area (Å²) < 4.78 is 27.4. The highest BCUT2D eigenvalue weighted by atomic mass is 35.5. The molecule has 0 saturated carbocycles. The molecule has 0 aliphatic carbocycles. The van der Waals surface area contributed by atoms with Gasteiger partial charge in [0.05, 0.1) is 29.4 Å². The van der Waals surface area contributed by atoms with Gasteiger partial charge >= 0.3 is 12.1 Å². The van der Waals surface area contributed by atoms with Gasteiger partial charge < -0.3 is 30.1 Å². The summed E-state index contributed by atoms with van der Waals surface area (Å²) >= 11 is 13.2. The van der Waals surface area contributed by atoms with Crippen molar-refractivity contribution in [3.8, 4) is 5.75 Å². The predicted molar refractivity (Wildman–Crippen MR) is 218 cm³/mol. The molecule has 10 nitrogen and oxygen atoms in total. The molecule has 0 radical (unpaired) electrons. The van der Waals surface area contributed by atoms with Crippen molar-refractivity contribution in [2.24, 2.45) is 5.41 Å². The van der Waals surface area contributed by atoms with Crippen LogP contribution < -0.4 is 25.6 Å². The van der Waals surface area contributed by atoms with E-state index in [0.717, 1.165) is 16.8 Å². The van der Waals surface area contributed by atoms with Gasteiger partial charge in [-0.05, 0) is 97.8 Å². The Balaban J connectivity index is 1.44. The van der Waals surface area contributed by atoms with Crippen LogP contribution in [0.3, 0.4) is 0 Å². The second kappa shape index (κ2) is 15.6. The number of hydrogen-bond donors (Lipinski definition) is 4. The number of carboxylic acid groups (broad SMARTS) is 1. The Hall–Kier alpha value is -4.84. The highest BCUT2D eigenvalue weighted by molar-refractivity contribution is 6.31. The van der Waals surface area contributed by atoms with Gasteiger partial charge in [0.15, 0.2) is 0 Å². The lowest BCUT2D eigenvalue weighted by atomic mass is 9.63.